The van der Waals surface area contributed by atoms with Crippen molar-refractivity contribution in [2.24, 2.45) is 7.05 Å². The molecule has 1 aliphatic heterocycles. The quantitative estimate of drug-likeness (QED) is 0.772. The Balaban J connectivity index is 1.99. The van der Waals surface area contributed by atoms with E-state index in [1.165, 1.54) is 5.56 Å². The van der Waals surface area contributed by atoms with Crippen molar-refractivity contribution in [2.45, 2.75) is 32.5 Å². The summed E-state index contributed by atoms with van der Waals surface area (Å²) in [6, 6.07) is 1.18. The Morgan fingerprint density at radius 3 is 3.00 bits per heavy atom. The molecule has 1 N–H and O–H groups in total. The van der Waals surface area contributed by atoms with E-state index in [1.54, 1.807) is 0 Å². The van der Waals surface area contributed by atoms with Gasteiger partial charge in [0, 0.05) is 50.5 Å². The van der Waals surface area contributed by atoms with Gasteiger partial charge in [-0.15, -0.1) is 0 Å². The fourth-order valence-electron chi connectivity index (χ4n) is 2.14. The third-order valence-corrected chi connectivity index (χ3v) is 3.31. The molecule has 2 rings (SSSR count). The van der Waals surface area contributed by atoms with Gasteiger partial charge in [0.25, 0.3) is 0 Å². The van der Waals surface area contributed by atoms with Gasteiger partial charge in [0.15, 0.2) is 0 Å². The second-order valence-electron chi connectivity index (χ2n) is 4.48. The number of aromatic nitrogens is 2. The van der Waals surface area contributed by atoms with Crippen LogP contribution < -0.4 is 5.32 Å². The molecule has 0 bridgehead atoms. The largest absolute Gasteiger partial charge is 0.311 e. The minimum absolute atomic E-state index is 0.579. The van der Waals surface area contributed by atoms with Crippen molar-refractivity contribution in [1.29, 1.82) is 0 Å². The van der Waals surface area contributed by atoms with Crippen LogP contribution in [0.4, 0.5) is 0 Å². The van der Waals surface area contributed by atoms with Gasteiger partial charge < -0.3 is 5.32 Å². The number of aryl methyl sites for hydroxylation is 1. The number of rotatable bonds is 2. The molecule has 0 saturated carbocycles. The molecule has 4 heteroatoms. The average molecular weight is 208 g/mol. The van der Waals surface area contributed by atoms with Gasteiger partial charge in [0.1, 0.15) is 0 Å². The molecule has 1 aromatic rings. The van der Waals surface area contributed by atoms with E-state index in [0.717, 1.165) is 19.6 Å². The summed E-state index contributed by atoms with van der Waals surface area (Å²) in [6.07, 6.45) is 4.05. The van der Waals surface area contributed by atoms with Crippen molar-refractivity contribution >= 4 is 0 Å². The predicted molar refractivity (Wildman–Crippen MR) is 60.5 cm³/mol. The lowest BCUT2D eigenvalue weighted by Gasteiger charge is -2.38. The first-order chi connectivity index (χ1) is 7.16. The first kappa shape index (κ1) is 10.6. The highest BCUT2D eigenvalue weighted by Crippen LogP contribution is 2.12. The summed E-state index contributed by atoms with van der Waals surface area (Å²) in [4.78, 5) is 2.51. The summed E-state index contributed by atoms with van der Waals surface area (Å²) < 4.78 is 1.87. The Hall–Kier alpha value is -0.870. The molecule has 1 aliphatic rings. The maximum Gasteiger partial charge on any atom is 0.0534 e. The topological polar surface area (TPSA) is 33.1 Å². The molecule has 0 aliphatic carbocycles. The second kappa shape index (κ2) is 4.33. The Kier molecular flexibility index (Phi) is 3.07. The number of nitrogens with zero attached hydrogens (tertiary/aromatic N) is 3. The van der Waals surface area contributed by atoms with Crippen LogP contribution in [0.2, 0.25) is 0 Å². The van der Waals surface area contributed by atoms with Crippen LogP contribution in [0.25, 0.3) is 0 Å². The van der Waals surface area contributed by atoms with Crippen LogP contribution in [0.3, 0.4) is 0 Å². The van der Waals surface area contributed by atoms with Gasteiger partial charge in [0.05, 0.1) is 6.20 Å². The van der Waals surface area contributed by atoms with Crippen molar-refractivity contribution in [1.82, 2.24) is 20.0 Å². The van der Waals surface area contributed by atoms with E-state index in [0.29, 0.717) is 12.1 Å². The Morgan fingerprint density at radius 1 is 1.53 bits per heavy atom. The Labute approximate surface area is 91.3 Å². The van der Waals surface area contributed by atoms with Crippen molar-refractivity contribution in [3.8, 4) is 0 Å². The molecule has 0 spiro atoms. The lowest BCUT2D eigenvalue weighted by atomic mass is 10.1. The third kappa shape index (κ3) is 2.38. The van der Waals surface area contributed by atoms with E-state index in [1.807, 2.05) is 17.9 Å². The third-order valence-electron chi connectivity index (χ3n) is 3.31. The Bertz CT molecular complexity index is 320. The van der Waals surface area contributed by atoms with Gasteiger partial charge in [-0.25, -0.2) is 0 Å². The SMILES string of the molecule is CC1NCCN(Cc2cnn(C)c2)C1C. The first-order valence-electron chi connectivity index (χ1n) is 5.62. The molecule has 2 unspecified atom stereocenters. The zero-order valence-corrected chi connectivity index (χ0v) is 9.77. The molecule has 0 aromatic carbocycles. The molecule has 2 heterocycles. The highest BCUT2D eigenvalue weighted by molar-refractivity contribution is 5.04. The molecule has 84 valence electrons. The fraction of sp³-hybridized carbons (Fsp3) is 0.727. The second-order valence-corrected chi connectivity index (χ2v) is 4.48. The molecule has 1 saturated heterocycles. The van der Waals surface area contributed by atoms with E-state index in [2.05, 4.69) is 35.4 Å². The number of nitrogens with one attached hydrogen (secondary N) is 1. The van der Waals surface area contributed by atoms with Crippen LogP contribution in [-0.4, -0.2) is 39.9 Å². The van der Waals surface area contributed by atoms with Crippen LogP contribution in [0.15, 0.2) is 12.4 Å². The Morgan fingerprint density at radius 2 is 2.33 bits per heavy atom. The lowest BCUT2D eigenvalue weighted by Crippen LogP contribution is -2.54. The molecular weight excluding hydrogens is 188 g/mol. The molecule has 1 aromatic heterocycles. The summed E-state index contributed by atoms with van der Waals surface area (Å²) >= 11 is 0. The minimum atomic E-state index is 0.579. The van der Waals surface area contributed by atoms with E-state index in [4.69, 9.17) is 0 Å². The first-order valence-corrected chi connectivity index (χ1v) is 5.62. The zero-order chi connectivity index (χ0) is 10.8. The molecule has 15 heavy (non-hydrogen) atoms. The standard InChI is InChI=1S/C11H20N4/c1-9-10(2)15(5-4-12-9)8-11-6-13-14(3)7-11/h6-7,9-10,12H,4-5,8H2,1-3H3. The predicted octanol–water partition coefficient (Wildman–Crippen LogP) is 0.602. The van der Waals surface area contributed by atoms with E-state index in [-0.39, 0.29) is 0 Å². The van der Waals surface area contributed by atoms with Crippen molar-refractivity contribution in [3.63, 3.8) is 0 Å². The van der Waals surface area contributed by atoms with Crippen molar-refractivity contribution in [3.05, 3.63) is 18.0 Å². The number of hydrogen-bond donors (Lipinski definition) is 1. The minimum Gasteiger partial charge on any atom is -0.311 e. The zero-order valence-electron chi connectivity index (χ0n) is 9.77. The normalized spacial score (nSPS) is 28.2. The van der Waals surface area contributed by atoms with Gasteiger partial charge in [-0.2, -0.15) is 5.10 Å². The maximum absolute atomic E-state index is 4.20. The number of hydrogen-bond acceptors (Lipinski definition) is 3. The number of piperazine rings is 1. The van der Waals surface area contributed by atoms with Gasteiger partial charge in [-0.1, -0.05) is 0 Å². The summed E-state index contributed by atoms with van der Waals surface area (Å²) in [5, 5.41) is 7.69. The lowest BCUT2D eigenvalue weighted by molar-refractivity contribution is 0.131. The average Bonchev–Trinajstić information content (AvgIpc) is 2.59. The summed E-state index contributed by atoms with van der Waals surface area (Å²) in [5.41, 5.74) is 1.30. The van der Waals surface area contributed by atoms with Crippen LogP contribution >= 0.6 is 0 Å². The maximum atomic E-state index is 4.20. The van der Waals surface area contributed by atoms with E-state index < -0.39 is 0 Å². The van der Waals surface area contributed by atoms with Gasteiger partial charge in [0.2, 0.25) is 0 Å². The van der Waals surface area contributed by atoms with Gasteiger partial charge >= 0.3 is 0 Å². The highest BCUT2D eigenvalue weighted by Gasteiger charge is 2.24. The van der Waals surface area contributed by atoms with Crippen molar-refractivity contribution in [2.75, 3.05) is 13.1 Å². The molecular formula is C11H20N4. The summed E-state index contributed by atoms with van der Waals surface area (Å²) in [5.74, 6) is 0. The van der Waals surface area contributed by atoms with Gasteiger partial charge in [-0.3, -0.25) is 9.58 Å². The van der Waals surface area contributed by atoms with Crippen molar-refractivity contribution < 1.29 is 0 Å². The molecule has 0 radical (unpaired) electrons. The molecule has 4 nitrogen and oxygen atoms in total. The van der Waals surface area contributed by atoms with Crippen LogP contribution in [0.1, 0.15) is 19.4 Å². The summed E-state index contributed by atoms with van der Waals surface area (Å²) in [6.45, 7) is 7.76. The fourth-order valence-corrected chi connectivity index (χ4v) is 2.14. The summed E-state index contributed by atoms with van der Waals surface area (Å²) in [7, 11) is 1.97. The molecule has 0 amide bonds. The van der Waals surface area contributed by atoms with Crippen LogP contribution in [-0.2, 0) is 13.6 Å². The van der Waals surface area contributed by atoms with E-state index in [9.17, 15) is 0 Å². The molecule has 1 fully saturated rings. The van der Waals surface area contributed by atoms with E-state index >= 15 is 0 Å². The highest BCUT2D eigenvalue weighted by atomic mass is 15.3. The monoisotopic (exact) mass is 208 g/mol. The molecule has 2 atom stereocenters. The smallest absolute Gasteiger partial charge is 0.0534 e. The van der Waals surface area contributed by atoms with Crippen LogP contribution in [0, 0.1) is 0 Å². The van der Waals surface area contributed by atoms with Gasteiger partial charge in [-0.05, 0) is 13.8 Å². The van der Waals surface area contributed by atoms with Crippen LogP contribution in [0.5, 0.6) is 0 Å².